The number of nitrogens with two attached hydrogens (primary N) is 1. The van der Waals surface area contributed by atoms with Gasteiger partial charge in [-0.25, -0.2) is 18.4 Å². The molecule has 3 unspecified atom stereocenters. The molecule has 3 rings (SSSR count). The van der Waals surface area contributed by atoms with Crippen molar-refractivity contribution < 1.29 is 23.1 Å². The summed E-state index contributed by atoms with van der Waals surface area (Å²) < 4.78 is 22.5. The van der Waals surface area contributed by atoms with Gasteiger partial charge in [-0.05, 0) is 42.9 Å². The van der Waals surface area contributed by atoms with E-state index in [1.54, 1.807) is 18.2 Å². The number of carbonyl (C=O) groups is 2. The standard InChI is InChI=1S/C17H22N2O5S/c18-25(23,24)10-11-4-3-6-13(8-11)16(20)19-14-7-2-1-5-12(14)9-15(19)17(21)22/h3-4,6,8,12,14-15H,1-2,5,7,9-10H2,(H,21,22)(H2,18,23,24). The van der Waals surface area contributed by atoms with E-state index in [0.717, 1.165) is 25.7 Å². The largest absolute Gasteiger partial charge is 0.480 e. The summed E-state index contributed by atoms with van der Waals surface area (Å²) in [6.07, 6.45) is 4.31. The Hall–Kier alpha value is -1.93. The molecule has 1 saturated carbocycles. The van der Waals surface area contributed by atoms with Gasteiger partial charge in [-0.15, -0.1) is 0 Å². The number of primary sulfonamides is 1. The molecule has 1 saturated heterocycles. The minimum absolute atomic E-state index is 0.0516. The highest BCUT2D eigenvalue weighted by atomic mass is 32.2. The third kappa shape index (κ3) is 3.85. The Morgan fingerprint density at radius 3 is 2.64 bits per heavy atom. The first kappa shape index (κ1) is 17.9. The molecule has 0 spiro atoms. The summed E-state index contributed by atoms with van der Waals surface area (Å²) in [6, 6.07) is 5.39. The van der Waals surface area contributed by atoms with Crippen LogP contribution in [0.3, 0.4) is 0 Å². The third-order valence-corrected chi connectivity index (χ3v) is 5.89. The van der Waals surface area contributed by atoms with E-state index < -0.39 is 22.0 Å². The third-order valence-electron chi connectivity index (χ3n) is 5.15. The van der Waals surface area contributed by atoms with E-state index in [9.17, 15) is 23.1 Å². The number of aliphatic carboxylic acids is 1. The lowest BCUT2D eigenvalue weighted by atomic mass is 9.84. The number of benzene rings is 1. The zero-order valence-corrected chi connectivity index (χ0v) is 14.6. The summed E-state index contributed by atoms with van der Waals surface area (Å²) in [7, 11) is -3.70. The van der Waals surface area contributed by atoms with E-state index in [1.165, 1.54) is 11.0 Å². The molecule has 1 aromatic rings. The number of amides is 1. The number of likely N-dealkylation sites (tertiary alicyclic amines) is 1. The number of sulfonamides is 1. The van der Waals surface area contributed by atoms with Crippen LogP contribution in [0, 0.1) is 5.92 Å². The average Bonchev–Trinajstić information content (AvgIpc) is 2.92. The van der Waals surface area contributed by atoms with Crippen LogP contribution in [0.4, 0.5) is 0 Å². The molecule has 2 fully saturated rings. The Kier molecular flexibility index (Phi) is 4.83. The summed E-state index contributed by atoms with van der Waals surface area (Å²) in [4.78, 5) is 26.2. The van der Waals surface area contributed by atoms with E-state index in [2.05, 4.69) is 0 Å². The maximum absolute atomic E-state index is 13.0. The number of hydrogen-bond donors (Lipinski definition) is 2. The number of fused-ring (bicyclic) bond motifs is 1. The van der Waals surface area contributed by atoms with E-state index in [0.29, 0.717) is 17.5 Å². The van der Waals surface area contributed by atoms with Crippen molar-refractivity contribution in [2.75, 3.05) is 0 Å². The van der Waals surface area contributed by atoms with E-state index in [1.807, 2.05) is 0 Å². The molecule has 0 bridgehead atoms. The maximum atomic E-state index is 13.0. The second-order valence-corrected chi connectivity index (χ2v) is 8.54. The Morgan fingerprint density at radius 2 is 1.96 bits per heavy atom. The topological polar surface area (TPSA) is 118 Å². The zero-order chi connectivity index (χ0) is 18.2. The Labute approximate surface area is 146 Å². The van der Waals surface area contributed by atoms with Crippen molar-refractivity contribution in [1.82, 2.24) is 4.90 Å². The fourth-order valence-corrected chi connectivity index (χ4v) is 4.79. The predicted molar refractivity (Wildman–Crippen MR) is 91.2 cm³/mol. The molecular weight excluding hydrogens is 344 g/mol. The van der Waals surface area contributed by atoms with Crippen molar-refractivity contribution in [2.45, 2.75) is 49.9 Å². The molecular formula is C17H22N2O5S. The fourth-order valence-electron chi connectivity index (χ4n) is 4.15. The van der Waals surface area contributed by atoms with Gasteiger partial charge in [0.15, 0.2) is 0 Å². The summed E-state index contributed by atoms with van der Waals surface area (Å²) >= 11 is 0. The minimum atomic E-state index is -3.70. The first-order chi connectivity index (χ1) is 11.8. The molecule has 1 aliphatic heterocycles. The molecule has 3 N–H and O–H groups in total. The molecule has 1 aliphatic carbocycles. The summed E-state index contributed by atoms with van der Waals surface area (Å²) in [5, 5.41) is 14.6. The van der Waals surface area contributed by atoms with Gasteiger partial charge in [0.1, 0.15) is 6.04 Å². The second-order valence-electron chi connectivity index (χ2n) is 6.92. The summed E-state index contributed by atoms with van der Waals surface area (Å²) in [6.45, 7) is 0. The quantitative estimate of drug-likeness (QED) is 0.833. The van der Waals surface area contributed by atoms with Crippen LogP contribution in [0.1, 0.15) is 48.0 Å². The van der Waals surface area contributed by atoms with Crippen LogP contribution in [0.15, 0.2) is 24.3 Å². The molecule has 7 nitrogen and oxygen atoms in total. The number of carboxylic acid groups (broad SMARTS) is 1. The smallest absolute Gasteiger partial charge is 0.326 e. The van der Waals surface area contributed by atoms with Gasteiger partial charge < -0.3 is 10.0 Å². The summed E-state index contributed by atoms with van der Waals surface area (Å²) in [5.74, 6) is -1.46. The lowest BCUT2D eigenvalue weighted by Gasteiger charge is -2.33. The van der Waals surface area contributed by atoms with Crippen LogP contribution in [0.2, 0.25) is 0 Å². The first-order valence-corrected chi connectivity index (χ1v) is 10.1. The zero-order valence-electron chi connectivity index (χ0n) is 13.8. The van der Waals surface area contributed by atoms with Gasteiger partial charge in [-0.2, -0.15) is 0 Å². The van der Waals surface area contributed by atoms with Crippen molar-refractivity contribution in [3.05, 3.63) is 35.4 Å². The molecule has 0 radical (unpaired) electrons. The van der Waals surface area contributed by atoms with Crippen molar-refractivity contribution >= 4 is 21.9 Å². The highest BCUT2D eigenvalue weighted by molar-refractivity contribution is 7.88. The van der Waals surface area contributed by atoms with Gasteiger partial charge in [-0.3, -0.25) is 4.79 Å². The molecule has 136 valence electrons. The van der Waals surface area contributed by atoms with E-state index in [-0.39, 0.29) is 23.6 Å². The van der Waals surface area contributed by atoms with Gasteiger partial charge in [0.05, 0.1) is 5.75 Å². The fraction of sp³-hybridized carbons (Fsp3) is 0.529. The van der Waals surface area contributed by atoms with Gasteiger partial charge in [0.2, 0.25) is 10.0 Å². The van der Waals surface area contributed by atoms with E-state index >= 15 is 0 Å². The monoisotopic (exact) mass is 366 g/mol. The van der Waals surface area contributed by atoms with Gasteiger partial charge >= 0.3 is 5.97 Å². The van der Waals surface area contributed by atoms with Crippen molar-refractivity contribution in [3.63, 3.8) is 0 Å². The van der Waals surface area contributed by atoms with Crippen LogP contribution >= 0.6 is 0 Å². The highest BCUT2D eigenvalue weighted by Crippen LogP contribution is 2.40. The molecule has 1 aromatic carbocycles. The number of rotatable bonds is 4. The van der Waals surface area contributed by atoms with Crippen molar-refractivity contribution in [2.24, 2.45) is 11.1 Å². The molecule has 3 atom stereocenters. The van der Waals surface area contributed by atoms with Gasteiger partial charge in [-0.1, -0.05) is 25.0 Å². The normalized spacial score (nSPS) is 26.3. The van der Waals surface area contributed by atoms with Gasteiger partial charge in [0.25, 0.3) is 5.91 Å². The predicted octanol–water partition coefficient (Wildman–Crippen LogP) is 1.33. The molecule has 1 amide bonds. The molecule has 8 heteroatoms. The Morgan fingerprint density at radius 1 is 1.24 bits per heavy atom. The van der Waals surface area contributed by atoms with Crippen molar-refractivity contribution in [3.8, 4) is 0 Å². The Bertz CT molecular complexity index is 792. The number of carboxylic acids is 1. The maximum Gasteiger partial charge on any atom is 0.326 e. The number of nitrogens with zero attached hydrogens (tertiary/aromatic N) is 1. The first-order valence-electron chi connectivity index (χ1n) is 8.41. The lowest BCUT2D eigenvalue weighted by Crippen LogP contribution is -2.46. The minimum Gasteiger partial charge on any atom is -0.480 e. The van der Waals surface area contributed by atoms with Crippen LogP contribution < -0.4 is 5.14 Å². The van der Waals surface area contributed by atoms with Crippen LogP contribution in [0.25, 0.3) is 0 Å². The second kappa shape index (κ2) is 6.76. The Balaban J connectivity index is 1.90. The molecule has 25 heavy (non-hydrogen) atoms. The van der Waals surface area contributed by atoms with E-state index in [4.69, 9.17) is 5.14 Å². The summed E-state index contributed by atoms with van der Waals surface area (Å²) in [5.41, 5.74) is 0.721. The van der Waals surface area contributed by atoms with Crippen LogP contribution in [-0.4, -0.2) is 42.4 Å². The number of hydrogen-bond acceptors (Lipinski definition) is 4. The van der Waals surface area contributed by atoms with Crippen molar-refractivity contribution in [1.29, 1.82) is 0 Å². The lowest BCUT2D eigenvalue weighted by molar-refractivity contribution is -0.141. The van der Waals surface area contributed by atoms with Crippen LogP contribution in [0.5, 0.6) is 0 Å². The number of carbonyl (C=O) groups excluding carboxylic acids is 1. The average molecular weight is 366 g/mol. The molecule has 0 aromatic heterocycles. The SMILES string of the molecule is NS(=O)(=O)Cc1cccc(C(=O)N2C(C(=O)O)CC3CCCCC32)c1. The molecule has 2 aliphatic rings. The van der Waals surface area contributed by atoms with Crippen LogP contribution in [-0.2, 0) is 20.6 Å². The van der Waals surface area contributed by atoms with Gasteiger partial charge in [0, 0.05) is 11.6 Å². The molecule has 1 heterocycles. The highest BCUT2D eigenvalue weighted by Gasteiger charge is 2.47.